The number of carboxylic acid groups (broad SMARTS) is 1. The van der Waals surface area contributed by atoms with Crippen molar-refractivity contribution in [2.24, 2.45) is 0 Å². The molecule has 2 aromatic heterocycles. The molecule has 0 spiro atoms. The van der Waals surface area contributed by atoms with Crippen LogP contribution in [0.2, 0.25) is 5.02 Å². The highest BCUT2D eigenvalue weighted by atomic mass is 35.5. The van der Waals surface area contributed by atoms with Crippen LogP contribution < -0.4 is 4.74 Å². The Labute approximate surface area is 125 Å². The van der Waals surface area contributed by atoms with Crippen LogP contribution in [0, 0.1) is 0 Å². The molecule has 0 bridgehead atoms. The maximum Gasteiger partial charge on any atom is 0.335 e. The molecule has 0 atom stereocenters. The second kappa shape index (κ2) is 5.46. The minimum atomic E-state index is -0.973. The van der Waals surface area contributed by atoms with Crippen LogP contribution in [0.5, 0.6) is 5.75 Å². The number of fused-ring (bicyclic) bond motifs is 1. The van der Waals surface area contributed by atoms with Gasteiger partial charge in [0.05, 0.1) is 11.3 Å². The average molecular weight is 303 g/mol. The molecule has 0 aliphatic carbocycles. The monoisotopic (exact) mass is 302 g/mol. The maximum atomic E-state index is 10.9. The highest BCUT2D eigenvalue weighted by Gasteiger charge is 2.07. The number of rotatable bonds is 4. The van der Waals surface area contributed by atoms with Gasteiger partial charge in [-0.05, 0) is 36.4 Å². The first kappa shape index (κ1) is 13.5. The minimum Gasteiger partial charge on any atom is -0.487 e. The van der Waals surface area contributed by atoms with E-state index in [1.807, 2.05) is 0 Å². The van der Waals surface area contributed by atoms with E-state index in [1.165, 1.54) is 12.1 Å². The van der Waals surface area contributed by atoms with Gasteiger partial charge >= 0.3 is 5.97 Å². The Morgan fingerprint density at radius 3 is 2.76 bits per heavy atom. The molecule has 2 heterocycles. The van der Waals surface area contributed by atoms with Crippen molar-refractivity contribution in [2.75, 3.05) is 0 Å². The van der Waals surface area contributed by atoms with Crippen molar-refractivity contribution in [3.8, 4) is 5.75 Å². The number of ether oxygens (including phenoxy) is 1. The molecule has 21 heavy (non-hydrogen) atoms. The largest absolute Gasteiger partial charge is 0.487 e. The molecule has 6 heteroatoms. The van der Waals surface area contributed by atoms with E-state index in [0.29, 0.717) is 28.7 Å². The zero-order valence-corrected chi connectivity index (χ0v) is 11.6. The molecule has 0 saturated heterocycles. The lowest BCUT2D eigenvalue weighted by molar-refractivity contribution is 0.0697. The van der Waals surface area contributed by atoms with Gasteiger partial charge in [-0.15, -0.1) is 0 Å². The molecule has 0 aliphatic rings. The fourth-order valence-corrected chi connectivity index (χ4v) is 2.05. The van der Waals surface area contributed by atoms with E-state index in [4.69, 9.17) is 21.4 Å². The van der Waals surface area contributed by atoms with Crippen molar-refractivity contribution in [1.29, 1.82) is 0 Å². The minimum absolute atomic E-state index is 0.207. The summed E-state index contributed by atoms with van der Waals surface area (Å²) in [5.74, 6) is -0.276. The number of carbonyl (C=O) groups is 1. The average Bonchev–Trinajstić information content (AvgIpc) is 2.88. The standard InChI is InChI=1S/C15H11ClN2O3/c16-11-1-3-13(4-2-11)21-9-12-8-18-6-5-10(15(19)20)7-14(18)17-12/h1-8H,9H2,(H,19,20). The van der Waals surface area contributed by atoms with Crippen molar-refractivity contribution < 1.29 is 14.6 Å². The topological polar surface area (TPSA) is 63.8 Å². The maximum absolute atomic E-state index is 10.9. The lowest BCUT2D eigenvalue weighted by atomic mass is 10.3. The number of imidazole rings is 1. The molecule has 0 aliphatic heterocycles. The number of hydrogen-bond donors (Lipinski definition) is 1. The number of aromatic carboxylic acids is 1. The summed E-state index contributed by atoms with van der Waals surface area (Å²) in [6, 6.07) is 10.1. The van der Waals surface area contributed by atoms with Gasteiger partial charge in [-0.25, -0.2) is 9.78 Å². The Hall–Kier alpha value is -2.53. The van der Waals surface area contributed by atoms with Crippen molar-refractivity contribution in [3.63, 3.8) is 0 Å². The van der Waals surface area contributed by atoms with Crippen LogP contribution in [0.15, 0.2) is 48.8 Å². The molecule has 1 aromatic carbocycles. The molecule has 0 radical (unpaired) electrons. The van der Waals surface area contributed by atoms with E-state index in [9.17, 15) is 4.79 Å². The number of benzene rings is 1. The SMILES string of the molecule is O=C(O)c1ccn2cc(COc3ccc(Cl)cc3)nc2c1. The van der Waals surface area contributed by atoms with Gasteiger partial charge in [0, 0.05) is 17.4 Å². The van der Waals surface area contributed by atoms with Crippen LogP contribution >= 0.6 is 11.6 Å². The van der Waals surface area contributed by atoms with Gasteiger partial charge in [0.25, 0.3) is 0 Å². The summed E-state index contributed by atoms with van der Waals surface area (Å²) in [5.41, 5.74) is 1.50. The third-order valence-corrected chi connectivity index (χ3v) is 3.21. The lowest BCUT2D eigenvalue weighted by Crippen LogP contribution is -1.97. The first-order valence-corrected chi connectivity index (χ1v) is 6.59. The first-order chi connectivity index (χ1) is 10.1. The van der Waals surface area contributed by atoms with Crippen LogP contribution in [0.25, 0.3) is 5.65 Å². The third-order valence-electron chi connectivity index (χ3n) is 2.96. The summed E-state index contributed by atoms with van der Waals surface area (Å²) in [6.07, 6.45) is 3.47. The molecule has 0 amide bonds. The second-order valence-electron chi connectivity index (χ2n) is 4.46. The summed E-state index contributed by atoms with van der Waals surface area (Å²) in [6.45, 7) is 0.297. The predicted octanol–water partition coefficient (Wildman–Crippen LogP) is 3.26. The second-order valence-corrected chi connectivity index (χ2v) is 4.90. The van der Waals surface area contributed by atoms with Gasteiger partial charge < -0.3 is 14.2 Å². The quantitative estimate of drug-likeness (QED) is 0.803. The highest BCUT2D eigenvalue weighted by molar-refractivity contribution is 6.30. The molecule has 0 unspecified atom stereocenters. The van der Waals surface area contributed by atoms with E-state index in [-0.39, 0.29) is 5.56 Å². The third kappa shape index (κ3) is 2.98. The fraction of sp³-hybridized carbons (Fsp3) is 0.0667. The lowest BCUT2D eigenvalue weighted by Gasteiger charge is -2.03. The number of carboxylic acids is 1. The number of pyridine rings is 1. The van der Waals surface area contributed by atoms with Crippen molar-refractivity contribution in [1.82, 2.24) is 9.38 Å². The Bertz CT molecular complexity index is 796. The molecule has 5 nitrogen and oxygen atoms in total. The molecule has 0 saturated carbocycles. The summed E-state index contributed by atoms with van der Waals surface area (Å²) < 4.78 is 7.36. The van der Waals surface area contributed by atoms with Gasteiger partial charge in [-0.2, -0.15) is 0 Å². The van der Waals surface area contributed by atoms with E-state index in [1.54, 1.807) is 41.1 Å². The first-order valence-electron chi connectivity index (χ1n) is 6.21. The summed E-state index contributed by atoms with van der Waals surface area (Å²) >= 11 is 5.80. The summed E-state index contributed by atoms with van der Waals surface area (Å²) in [4.78, 5) is 15.3. The molecule has 3 aromatic rings. The zero-order valence-electron chi connectivity index (χ0n) is 10.9. The van der Waals surface area contributed by atoms with Crippen molar-refractivity contribution in [3.05, 3.63) is 65.1 Å². The molecule has 1 N–H and O–H groups in total. The highest BCUT2D eigenvalue weighted by Crippen LogP contribution is 2.17. The van der Waals surface area contributed by atoms with Gasteiger partial charge in [0.1, 0.15) is 18.0 Å². The van der Waals surface area contributed by atoms with E-state index in [2.05, 4.69) is 4.98 Å². The molecule has 106 valence electrons. The van der Waals surface area contributed by atoms with E-state index >= 15 is 0 Å². The van der Waals surface area contributed by atoms with E-state index in [0.717, 1.165) is 0 Å². The smallest absolute Gasteiger partial charge is 0.335 e. The Kier molecular flexibility index (Phi) is 3.50. The zero-order chi connectivity index (χ0) is 14.8. The molecule has 0 fully saturated rings. The predicted molar refractivity (Wildman–Crippen MR) is 77.9 cm³/mol. The van der Waals surface area contributed by atoms with Gasteiger partial charge in [0.15, 0.2) is 0 Å². The molecular weight excluding hydrogens is 292 g/mol. The molecule has 3 rings (SSSR count). The van der Waals surface area contributed by atoms with Crippen LogP contribution in [-0.4, -0.2) is 20.5 Å². The Morgan fingerprint density at radius 1 is 1.29 bits per heavy atom. The van der Waals surface area contributed by atoms with E-state index < -0.39 is 5.97 Å². The Morgan fingerprint density at radius 2 is 2.05 bits per heavy atom. The van der Waals surface area contributed by atoms with Crippen LogP contribution in [0.4, 0.5) is 0 Å². The number of hydrogen-bond acceptors (Lipinski definition) is 3. The van der Waals surface area contributed by atoms with Gasteiger partial charge in [0.2, 0.25) is 0 Å². The van der Waals surface area contributed by atoms with Crippen LogP contribution in [0.1, 0.15) is 16.1 Å². The molecular formula is C15H11ClN2O3. The van der Waals surface area contributed by atoms with Crippen molar-refractivity contribution >= 4 is 23.2 Å². The van der Waals surface area contributed by atoms with Crippen LogP contribution in [0.3, 0.4) is 0 Å². The number of aromatic nitrogens is 2. The number of nitrogens with zero attached hydrogens (tertiary/aromatic N) is 2. The fourth-order valence-electron chi connectivity index (χ4n) is 1.93. The van der Waals surface area contributed by atoms with Gasteiger partial charge in [-0.1, -0.05) is 11.6 Å². The normalized spacial score (nSPS) is 10.7. The Balaban J connectivity index is 1.78. The summed E-state index contributed by atoms with van der Waals surface area (Å²) in [5, 5.41) is 9.60. The number of halogens is 1. The van der Waals surface area contributed by atoms with Gasteiger partial charge in [-0.3, -0.25) is 0 Å². The van der Waals surface area contributed by atoms with Crippen LogP contribution in [-0.2, 0) is 6.61 Å². The van der Waals surface area contributed by atoms with Crippen molar-refractivity contribution in [2.45, 2.75) is 6.61 Å². The summed E-state index contributed by atoms with van der Waals surface area (Å²) in [7, 11) is 0.